The molecule has 1 aromatic rings. The first-order valence-electron chi connectivity index (χ1n) is 5.73. The lowest BCUT2D eigenvalue weighted by Crippen LogP contribution is -2.09. The van der Waals surface area contributed by atoms with Crippen molar-refractivity contribution in [3.05, 3.63) is 11.9 Å². The quantitative estimate of drug-likeness (QED) is 0.832. The predicted octanol–water partition coefficient (Wildman–Crippen LogP) is 2.29. The number of nitrogen functional groups attached to an aromatic ring is 1. The van der Waals surface area contributed by atoms with Gasteiger partial charge in [-0.25, -0.2) is 4.98 Å². The van der Waals surface area contributed by atoms with Gasteiger partial charge >= 0.3 is 0 Å². The van der Waals surface area contributed by atoms with Gasteiger partial charge in [-0.2, -0.15) is 4.98 Å². The van der Waals surface area contributed by atoms with Crippen molar-refractivity contribution in [2.75, 3.05) is 12.3 Å². The molecule has 0 saturated carbocycles. The van der Waals surface area contributed by atoms with Gasteiger partial charge in [-0.05, 0) is 11.8 Å². The molecule has 1 aromatic heterocycles. The number of nitrogens with zero attached hydrogens (tertiary/aromatic N) is 2. The van der Waals surface area contributed by atoms with Gasteiger partial charge < -0.3 is 10.5 Å². The Morgan fingerprint density at radius 2 is 1.88 bits per heavy atom. The van der Waals surface area contributed by atoms with E-state index >= 15 is 0 Å². The minimum absolute atomic E-state index is 0.476. The van der Waals surface area contributed by atoms with Gasteiger partial charge in [-0.15, -0.1) is 0 Å². The van der Waals surface area contributed by atoms with Crippen molar-refractivity contribution < 1.29 is 4.74 Å². The molecule has 90 valence electrons. The van der Waals surface area contributed by atoms with Crippen LogP contribution in [0.2, 0.25) is 0 Å². The van der Waals surface area contributed by atoms with Crippen LogP contribution in [-0.2, 0) is 6.42 Å². The third-order valence-electron chi connectivity index (χ3n) is 1.92. The normalized spacial score (nSPS) is 11.1. The molecule has 0 atom stereocenters. The van der Waals surface area contributed by atoms with Gasteiger partial charge in [0, 0.05) is 12.5 Å². The van der Waals surface area contributed by atoms with E-state index in [1.165, 1.54) is 0 Å². The molecule has 1 rings (SSSR count). The third-order valence-corrected chi connectivity index (χ3v) is 1.92. The molecule has 4 nitrogen and oxygen atoms in total. The van der Waals surface area contributed by atoms with E-state index in [4.69, 9.17) is 10.5 Å². The zero-order valence-corrected chi connectivity index (χ0v) is 10.5. The van der Waals surface area contributed by atoms with E-state index in [2.05, 4.69) is 37.7 Å². The molecule has 0 aromatic carbocycles. The number of hydrogen-bond acceptors (Lipinski definition) is 4. The third kappa shape index (κ3) is 4.47. The van der Waals surface area contributed by atoms with Crippen LogP contribution in [-0.4, -0.2) is 16.6 Å². The maximum atomic E-state index is 5.71. The van der Waals surface area contributed by atoms with E-state index in [0.29, 0.717) is 30.1 Å². The van der Waals surface area contributed by atoms with Crippen molar-refractivity contribution in [1.82, 2.24) is 9.97 Å². The van der Waals surface area contributed by atoms with Crippen LogP contribution in [0.25, 0.3) is 0 Å². The largest absolute Gasteiger partial charge is 0.477 e. The number of hydrogen-bond donors (Lipinski definition) is 1. The van der Waals surface area contributed by atoms with Crippen LogP contribution in [0.4, 0.5) is 5.82 Å². The highest BCUT2D eigenvalue weighted by molar-refractivity contribution is 5.32. The lowest BCUT2D eigenvalue weighted by Gasteiger charge is -2.10. The van der Waals surface area contributed by atoms with E-state index in [1.54, 1.807) is 6.07 Å². The standard InChI is InChI=1S/C12H21N3O/c1-8(2)5-11-14-10(13)6-12(15-11)16-7-9(3)4/h6,8-9H,5,7H2,1-4H3,(H2,13,14,15). The topological polar surface area (TPSA) is 61.0 Å². The summed E-state index contributed by atoms with van der Waals surface area (Å²) in [5.74, 6) is 2.81. The molecular weight excluding hydrogens is 202 g/mol. The predicted molar refractivity (Wildman–Crippen MR) is 65.3 cm³/mol. The van der Waals surface area contributed by atoms with E-state index in [0.717, 1.165) is 12.2 Å². The summed E-state index contributed by atoms with van der Waals surface area (Å²) in [5.41, 5.74) is 5.71. The highest BCUT2D eigenvalue weighted by Gasteiger charge is 2.06. The van der Waals surface area contributed by atoms with Gasteiger partial charge in [0.05, 0.1) is 6.61 Å². The van der Waals surface area contributed by atoms with E-state index in [1.807, 2.05) is 0 Å². The molecule has 0 aliphatic heterocycles. The molecule has 0 fully saturated rings. The van der Waals surface area contributed by atoms with Crippen molar-refractivity contribution in [1.29, 1.82) is 0 Å². The highest BCUT2D eigenvalue weighted by Crippen LogP contribution is 2.14. The Labute approximate surface area is 97.2 Å². The molecule has 0 amide bonds. The number of ether oxygens (including phenoxy) is 1. The molecule has 0 aliphatic carbocycles. The number of nitrogens with two attached hydrogens (primary N) is 1. The zero-order chi connectivity index (χ0) is 12.1. The molecule has 0 spiro atoms. The van der Waals surface area contributed by atoms with Crippen LogP contribution in [0, 0.1) is 11.8 Å². The molecular formula is C12H21N3O. The van der Waals surface area contributed by atoms with Crippen LogP contribution in [0.15, 0.2) is 6.07 Å². The molecule has 0 radical (unpaired) electrons. The maximum absolute atomic E-state index is 5.71. The Hall–Kier alpha value is -1.32. The summed E-state index contributed by atoms with van der Waals surface area (Å²) in [6.07, 6.45) is 0.822. The minimum Gasteiger partial charge on any atom is -0.477 e. The lowest BCUT2D eigenvalue weighted by molar-refractivity contribution is 0.260. The molecule has 0 unspecified atom stereocenters. The van der Waals surface area contributed by atoms with Gasteiger partial charge in [0.1, 0.15) is 11.6 Å². The minimum atomic E-state index is 0.476. The van der Waals surface area contributed by atoms with Crippen LogP contribution < -0.4 is 10.5 Å². The first-order valence-corrected chi connectivity index (χ1v) is 5.73. The maximum Gasteiger partial charge on any atom is 0.218 e. The molecule has 0 saturated heterocycles. The number of anilines is 1. The lowest BCUT2D eigenvalue weighted by atomic mass is 10.1. The van der Waals surface area contributed by atoms with Crippen LogP contribution in [0.3, 0.4) is 0 Å². The second kappa shape index (κ2) is 5.68. The first kappa shape index (κ1) is 12.7. The average Bonchev–Trinajstić information content (AvgIpc) is 2.12. The summed E-state index contributed by atoms with van der Waals surface area (Å²) < 4.78 is 5.54. The molecule has 0 aliphatic rings. The number of rotatable bonds is 5. The smallest absolute Gasteiger partial charge is 0.218 e. The second-order valence-electron chi connectivity index (χ2n) is 4.85. The van der Waals surface area contributed by atoms with E-state index in [9.17, 15) is 0 Å². The summed E-state index contributed by atoms with van der Waals surface area (Å²) in [5, 5.41) is 0. The Balaban J connectivity index is 2.73. The first-order chi connectivity index (χ1) is 7.47. The molecule has 4 heteroatoms. The van der Waals surface area contributed by atoms with E-state index in [-0.39, 0.29) is 0 Å². The van der Waals surface area contributed by atoms with Crippen LogP contribution >= 0.6 is 0 Å². The van der Waals surface area contributed by atoms with Crippen molar-refractivity contribution in [3.63, 3.8) is 0 Å². The Bertz CT molecular complexity index is 337. The fraction of sp³-hybridized carbons (Fsp3) is 0.667. The fourth-order valence-corrected chi connectivity index (χ4v) is 1.27. The van der Waals surface area contributed by atoms with Gasteiger partial charge in [0.2, 0.25) is 5.88 Å². The van der Waals surface area contributed by atoms with Crippen molar-refractivity contribution >= 4 is 5.82 Å². The van der Waals surface area contributed by atoms with Crippen LogP contribution in [0.5, 0.6) is 5.88 Å². The fourth-order valence-electron chi connectivity index (χ4n) is 1.27. The Morgan fingerprint density at radius 3 is 2.44 bits per heavy atom. The summed E-state index contributed by atoms with van der Waals surface area (Å²) in [4.78, 5) is 8.52. The van der Waals surface area contributed by atoms with Crippen molar-refractivity contribution in [2.45, 2.75) is 34.1 Å². The van der Waals surface area contributed by atoms with Gasteiger partial charge in [0.25, 0.3) is 0 Å². The Morgan fingerprint density at radius 1 is 1.19 bits per heavy atom. The van der Waals surface area contributed by atoms with E-state index < -0.39 is 0 Å². The average molecular weight is 223 g/mol. The van der Waals surface area contributed by atoms with Crippen LogP contribution in [0.1, 0.15) is 33.5 Å². The monoisotopic (exact) mass is 223 g/mol. The van der Waals surface area contributed by atoms with Gasteiger partial charge in [-0.3, -0.25) is 0 Å². The zero-order valence-electron chi connectivity index (χ0n) is 10.5. The molecule has 1 heterocycles. The molecule has 2 N–H and O–H groups in total. The van der Waals surface area contributed by atoms with Crippen molar-refractivity contribution in [3.8, 4) is 5.88 Å². The molecule has 0 bridgehead atoms. The second-order valence-corrected chi connectivity index (χ2v) is 4.85. The molecule has 16 heavy (non-hydrogen) atoms. The highest BCUT2D eigenvalue weighted by atomic mass is 16.5. The summed E-state index contributed by atoms with van der Waals surface area (Å²) in [6.45, 7) is 9.10. The SMILES string of the molecule is CC(C)COc1cc(N)nc(CC(C)C)n1. The summed E-state index contributed by atoms with van der Waals surface area (Å²) >= 11 is 0. The van der Waals surface area contributed by atoms with Gasteiger partial charge in [0.15, 0.2) is 0 Å². The number of aromatic nitrogens is 2. The van der Waals surface area contributed by atoms with Crippen molar-refractivity contribution in [2.24, 2.45) is 11.8 Å². The summed E-state index contributed by atoms with van der Waals surface area (Å²) in [7, 11) is 0. The summed E-state index contributed by atoms with van der Waals surface area (Å²) in [6, 6.07) is 1.67. The van der Waals surface area contributed by atoms with Gasteiger partial charge in [-0.1, -0.05) is 27.7 Å². The Kier molecular flexibility index (Phi) is 4.52.